The molecule has 80 valence electrons. The molecular formula is C9H10N2O3S. The number of ether oxygens (including phenoxy) is 1. The van der Waals surface area contributed by atoms with Gasteiger partial charge in [-0.2, -0.15) is 0 Å². The van der Waals surface area contributed by atoms with E-state index in [-0.39, 0.29) is 11.8 Å². The van der Waals surface area contributed by atoms with E-state index in [9.17, 15) is 10.1 Å². The molecule has 0 aliphatic heterocycles. The molecule has 6 heteroatoms. The molecule has 15 heavy (non-hydrogen) atoms. The van der Waals surface area contributed by atoms with Crippen LogP contribution in [0.1, 0.15) is 12.8 Å². The predicted octanol–water partition coefficient (Wildman–Crippen LogP) is 2.25. The highest BCUT2D eigenvalue weighted by Gasteiger charge is 2.29. The van der Waals surface area contributed by atoms with Gasteiger partial charge in [0.2, 0.25) is 5.75 Å². The third-order valence-corrected chi connectivity index (χ3v) is 2.73. The Labute approximate surface area is 91.0 Å². The van der Waals surface area contributed by atoms with Gasteiger partial charge in [0.1, 0.15) is 5.03 Å². The van der Waals surface area contributed by atoms with Gasteiger partial charge in [-0.1, -0.05) is 0 Å². The molecule has 1 aromatic heterocycles. The van der Waals surface area contributed by atoms with Crippen molar-refractivity contribution in [1.29, 1.82) is 0 Å². The van der Waals surface area contributed by atoms with Crippen LogP contribution in [0.25, 0.3) is 0 Å². The average molecular weight is 226 g/mol. The molecule has 1 heterocycles. The normalized spacial score (nSPS) is 15.0. The number of aromatic nitrogens is 1. The first-order valence-corrected chi connectivity index (χ1v) is 5.79. The summed E-state index contributed by atoms with van der Waals surface area (Å²) in [7, 11) is 0. The molecule has 5 nitrogen and oxygen atoms in total. The molecule has 1 aromatic rings. The highest BCUT2D eigenvalue weighted by molar-refractivity contribution is 7.98. The van der Waals surface area contributed by atoms with Crippen LogP contribution < -0.4 is 4.74 Å². The Kier molecular flexibility index (Phi) is 2.77. The van der Waals surface area contributed by atoms with E-state index in [0.29, 0.717) is 10.8 Å². The van der Waals surface area contributed by atoms with Crippen molar-refractivity contribution in [1.82, 2.24) is 4.98 Å². The van der Waals surface area contributed by atoms with Crippen LogP contribution in [0.5, 0.6) is 5.75 Å². The van der Waals surface area contributed by atoms with Gasteiger partial charge in [0.25, 0.3) is 0 Å². The number of nitro groups is 1. The monoisotopic (exact) mass is 226 g/mol. The van der Waals surface area contributed by atoms with Gasteiger partial charge in [-0.15, -0.1) is 11.8 Å². The summed E-state index contributed by atoms with van der Waals surface area (Å²) in [5.41, 5.74) is 0.00116. The second-order valence-electron chi connectivity index (χ2n) is 3.24. The molecular weight excluding hydrogens is 216 g/mol. The van der Waals surface area contributed by atoms with Gasteiger partial charge in [0, 0.05) is 12.3 Å². The topological polar surface area (TPSA) is 65.3 Å². The van der Waals surface area contributed by atoms with E-state index < -0.39 is 4.92 Å². The van der Waals surface area contributed by atoms with Crippen LogP contribution in [0.2, 0.25) is 0 Å². The first-order chi connectivity index (χ1) is 7.22. The van der Waals surface area contributed by atoms with Crippen LogP contribution in [0, 0.1) is 10.1 Å². The fourth-order valence-electron chi connectivity index (χ4n) is 1.17. The zero-order chi connectivity index (χ0) is 10.8. The lowest BCUT2D eigenvalue weighted by molar-refractivity contribution is -0.386. The summed E-state index contributed by atoms with van der Waals surface area (Å²) < 4.78 is 5.51. The van der Waals surface area contributed by atoms with Gasteiger partial charge >= 0.3 is 5.69 Å². The number of hydrogen-bond donors (Lipinski definition) is 0. The molecule has 0 aromatic carbocycles. The Hall–Kier alpha value is -1.30. The Morgan fingerprint density at radius 1 is 1.67 bits per heavy atom. The summed E-state index contributed by atoms with van der Waals surface area (Å²) in [4.78, 5) is 14.4. The summed E-state index contributed by atoms with van der Waals surface area (Å²) in [5.74, 6) is 0.317. The molecule has 1 aliphatic carbocycles. The second kappa shape index (κ2) is 4.06. The first kappa shape index (κ1) is 10.2. The summed E-state index contributed by atoms with van der Waals surface area (Å²) in [6.45, 7) is 0. The van der Waals surface area contributed by atoms with Crippen molar-refractivity contribution >= 4 is 17.4 Å². The third-order valence-electron chi connectivity index (χ3n) is 2.05. The van der Waals surface area contributed by atoms with Crippen molar-refractivity contribution in [3.05, 3.63) is 22.4 Å². The first-order valence-electron chi connectivity index (χ1n) is 4.56. The van der Waals surface area contributed by atoms with Gasteiger partial charge in [0.05, 0.1) is 11.0 Å². The van der Waals surface area contributed by atoms with E-state index in [0.717, 1.165) is 12.8 Å². The van der Waals surface area contributed by atoms with Crippen LogP contribution in [0.15, 0.2) is 17.3 Å². The van der Waals surface area contributed by atoms with Gasteiger partial charge in [-0.25, -0.2) is 4.98 Å². The molecule has 0 bridgehead atoms. The van der Waals surface area contributed by atoms with Gasteiger partial charge in [-0.3, -0.25) is 10.1 Å². The molecule has 0 amide bonds. The van der Waals surface area contributed by atoms with Crippen molar-refractivity contribution in [2.45, 2.75) is 24.0 Å². The van der Waals surface area contributed by atoms with Crippen LogP contribution >= 0.6 is 11.8 Å². The highest BCUT2D eigenvalue weighted by Crippen LogP contribution is 2.38. The van der Waals surface area contributed by atoms with Crippen molar-refractivity contribution in [2.24, 2.45) is 0 Å². The Morgan fingerprint density at radius 2 is 2.40 bits per heavy atom. The SMILES string of the molecule is CSc1nccc([N+](=O)[O-])c1OC1CC1. The molecule has 2 rings (SSSR count). The summed E-state index contributed by atoms with van der Waals surface area (Å²) >= 11 is 1.36. The predicted molar refractivity (Wildman–Crippen MR) is 56.3 cm³/mol. The zero-order valence-corrected chi connectivity index (χ0v) is 8.99. The lowest BCUT2D eigenvalue weighted by Crippen LogP contribution is -2.02. The van der Waals surface area contributed by atoms with Gasteiger partial charge in [0.15, 0.2) is 0 Å². The number of pyridine rings is 1. The zero-order valence-electron chi connectivity index (χ0n) is 8.17. The summed E-state index contributed by atoms with van der Waals surface area (Å²) in [5, 5.41) is 11.4. The Morgan fingerprint density at radius 3 is 2.93 bits per heavy atom. The second-order valence-corrected chi connectivity index (χ2v) is 4.04. The van der Waals surface area contributed by atoms with Gasteiger partial charge < -0.3 is 4.74 Å². The standard InChI is InChI=1S/C9H10N2O3S/c1-15-9-8(14-6-2-3-6)7(11(12)13)4-5-10-9/h4-6H,2-3H2,1H3. The Balaban J connectivity index is 2.38. The van der Waals surface area contributed by atoms with Crippen LogP contribution in [0.3, 0.4) is 0 Å². The van der Waals surface area contributed by atoms with E-state index in [4.69, 9.17) is 4.74 Å². The molecule has 0 radical (unpaired) electrons. The van der Waals surface area contributed by atoms with Crippen LogP contribution in [-0.4, -0.2) is 22.3 Å². The third kappa shape index (κ3) is 2.20. The summed E-state index contributed by atoms with van der Waals surface area (Å²) in [6, 6.07) is 1.37. The van der Waals surface area contributed by atoms with Crippen molar-refractivity contribution in [3.8, 4) is 5.75 Å². The minimum absolute atomic E-state index is 0.00116. The molecule has 1 aliphatic rings. The molecule has 0 spiro atoms. The van der Waals surface area contributed by atoms with Crippen molar-refractivity contribution in [3.63, 3.8) is 0 Å². The van der Waals surface area contributed by atoms with Crippen molar-refractivity contribution < 1.29 is 9.66 Å². The van der Waals surface area contributed by atoms with E-state index in [1.807, 2.05) is 6.26 Å². The van der Waals surface area contributed by atoms with Crippen molar-refractivity contribution in [2.75, 3.05) is 6.26 Å². The number of thioether (sulfide) groups is 1. The molecule has 0 atom stereocenters. The summed E-state index contributed by atoms with van der Waals surface area (Å²) in [6.07, 6.45) is 5.34. The molecule has 0 N–H and O–H groups in total. The molecule has 0 saturated heterocycles. The largest absolute Gasteiger partial charge is 0.482 e. The van der Waals surface area contributed by atoms with E-state index in [1.165, 1.54) is 24.0 Å². The minimum Gasteiger partial charge on any atom is -0.482 e. The number of hydrogen-bond acceptors (Lipinski definition) is 5. The quantitative estimate of drug-likeness (QED) is 0.447. The fourth-order valence-corrected chi connectivity index (χ4v) is 1.68. The van der Waals surface area contributed by atoms with Gasteiger partial charge in [-0.05, 0) is 19.1 Å². The Bertz CT molecular complexity index is 393. The number of nitrogens with zero attached hydrogens (tertiary/aromatic N) is 2. The number of rotatable bonds is 4. The van der Waals surface area contributed by atoms with E-state index in [1.54, 1.807) is 0 Å². The average Bonchev–Trinajstić information content (AvgIpc) is 3.01. The van der Waals surface area contributed by atoms with E-state index in [2.05, 4.69) is 4.98 Å². The highest BCUT2D eigenvalue weighted by atomic mass is 32.2. The lowest BCUT2D eigenvalue weighted by Gasteiger charge is -2.07. The lowest BCUT2D eigenvalue weighted by atomic mass is 10.4. The molecule has 1 fully saturated rings. The smallest absolute Gasteiger partial charge is 0.315 e. The van der Waals surface area contributed by atoms with Crippen LogP contribution in [0.4, 0.5) is 5.69 Å². The maximum atomic E-state index is 10.8. The minimum atomic E-state index is -0.431. The van der Waals surface area contributed by atoms with Crippen LogP contribution in [-0.2, 0) is 0 Å². The molecule has 1 saturated carbocycles. The molecule has 0 unspecified atom stereocenters. The maximum absolute atomic E-state index is 10.8. The fraction of sp³-hybridized carbons (Fsp3) is 0.444. The van der Waals surface area contributed by atoms with E-state index >= 15 is 0 Å². The maximum Gasteiger partial charge on any atom is 0.315 e.